The number of aldehydes is 1. The number of aromatic nitrogens is 3. The van der Waals surface area contributed by atoms with E-state index in [0.29, 0.717) is 30.8 Å². The first-order valence-electron chi connectivity index (χ1n) is 8.38. The Hall–Kier alpha value is -2.68. The average Bonchev–Trinajstić information content (AvgIpc) is 3.13. The van der Waals surface area contributed by atoms with E-state index >= 15 is 0 Å². The second-order valence-corrected chi connectivity index (χ2v) is 5.98. The number of ether oxygens (including phenoxy) is 2. The molecule has 3 rings (SSSR count). The summed E-state index contributed by atoms with van der Waals surface area (Å²) in [6, 6.07) is 4.97. The molecule has 0 N–H and O–H groups in total. The Labute approximate surface area is 153 Å². The van der Waals surface area contributed by atoms with E-state index < -0.39 is 12.6 Å². The third kappa shape index (κ3) is 4.94. The van der Waals surface area contributed by atoms with Crippen LogP contribution in [-0.2, 0) is 11.3 Å². The minimum atomic E-state index is -4.25. The first-order valence-corrected chi connectivity index (χ1v) is 8.38. The van der Waals surface area contributed by atoms with Crippen LogP contribution < -0.4 is 4.74 Å². The third-order valence-electron chi connectivity index (χ3n) is 4.17. The number of alkyl halides is 3. The standard InChI is InChI=1S/C18H18F3N3O3/c19-18(20,21)5-8-24-16(3-7-23-24)14-12-26-9-4-13(14)11-27-17-2-1-6-22-15(17)10-25/h1-3,6-7,10H,4-5,8-9,11-12H2. The van der Waals surface area contributed by atoms with Crippen LogP contribution in [0.4, 0.5) is 13.2 Å². The number of carbonyl (C=O) groups is 1. The van der Waals surface area contributed by atoms with Crippen molar-refractivity contribution in [1.29, 1.82) is 0 Å². The second kappa shape index (κ2) is 8.34. The lowest BCUT2D eigenvalue weighted by Crippen LogP contribution is -2.19. The Bertz CT molecular complexity index is 830. The van der Waals surface area contributed by atoms with Gasteiger partial charge in [0, 0.05) is 18.0 Å². The van der Waals surface area contributed by atoms with E-state index in [4.69, 9.17) is 9.47 Å². The van der Waals surface area contributed by atoms with E-state index in [1.165, 1.54) is 17.1 Å². The Morgan fingerprint density at radius 1 is 1.30 bits per heavy atom. The molecule has 0 spiro atoms. The van der Waals surface area contributed by atoms with Gasteiger partial charge in [-0.3, -0.25) is 9.48 Å². The van der Waals surface area contributed by atoms with Crippen LogP contribution >= 0.6 is 0 Å². The highest BCUT2D eigenvalue weighted by atomic mass is 19.4. The van der Waals surface area contributed by atoms with Crippen molar-refractivity contribution in [3.63, 3.8) is 0 Å². The maximum absolute atomic E-state index is 12.5. The zero-order chi connectivity index (χ0) is 19.3. The van der Waals surface area contributed by atoms with Gasteiger partial charge in [-0.15, -0.1) is 0 Å². The molecule has 6 nitrogen and oxygen atoms in total. The molecule has 0 saturated carbocycles. The molecule has 144 valence electrons. The number of hydrogen-bond donors (Lipinski definition) is 0. The van der Waals surface area contributed by atoms with Gasteiger partial charge in [0.25, 0.3) is 0 Å². The molecule has 0 aromatic carbocycles. The number of aryl methyl sites for hydroxylation is 1. The number of hydrogen-bond acceptors (Lipinski definition) is 5. The molecule has 0 amide bonds. The molecule has 0 unspecified atom stereocenters. The fourth-order valence-electron chi connectivity index (χ4n) is 2.81. The predicted octanol–water partition coefficient (Wildman–Crippen LogP) is 3.30. The monoisotopic (exact) mass is 381 g/mol. The molecule has 1 aliphatic heterocycles. The van der Waals surface area contributed by atoms with E-state index in [2.05, 4.69) is 10.1 Å². The predicted molar refractivity (Wildman–Crippen MR) is 90.4 cm³/mol. The maximum atomic E-state index is 12.5. The van der Waals surface area contributed by atoms with Crippen LogP contribution in [0.1, 0.15) is 29.0 Å². The number of pyridine rings is 1. The van der Waals surface area contributed by atoms with Crippen LogP contribution in [0.5, 0.6) is 5.75 Å². The largest absolute Gasteiger partial charge is 0.487 e. The van der Waals surface area contributed by atoms with Crippen LogP contribution in [0.25, 0.3) is 5.57 Å². The molecule has 27 heavy (non-hydrogen) atoms. The average molecular weight is 381 g/mol. The van der Waals surface area contributed by atoms with Crippen molar-refractivity contribution in [2.24, 2.45) is 0 Å². The molecule has 0 saturated heterocycles. The second-order valence-electron chi connectivity index (χ2n) is 5.98. The van der Waals surface area contributed by atoms with Crippen molar-refractivity contribution in [3.8, 4) is 5.75 Å². The molecular weight excluding hydrogens is 363 g/mol. The van der Waals surface area contributed by atoms with Crippen molar-refractivity contribution in [2.45, 2.75) is 25.6 Å². The normalized spacial score (nSPS) is 15.1. The van der Waals surface area contributed by atoms with Gasteiger partial charge in [0.05, 0.1) is 31.9 Å². The Kier molecular flexibility index (Phi) is 5.90. The van der Waals surface area contributed by atoms with Crippen LogP contribution in [-0.4, -0.2) is 47.0 Å². The SMILES string of the molecule is O=Cc1ncccc1OCC1=C(c2ccnn2CCC(F)(F)F)COCC1. The van der Waals surface area contributed by atoms with Crippen LogP contribution in [0, 0.1) is 0 Å². The number of rotatable bonds is 7. The summed E-state index contributed by atoms with van der Waals surface area (Å²) in [7, 11) is 0. The van der Waals surface area contributed by atoms with Gasteiger partial charge in [0.15, 0.2) is 6.29 Å². The molecule has 1 aliphatic rings. The summed E-state index contributed by atoms with van der Waals surface area (Å²) in [5.41, 5.74) is 2.44. The van der Waals surface area contributed by atoms with E-state index in [-0.39, 0.29) is 25.5 Å². The molecule has 2 aromatic heterocycles. The molecule has 2 aromatic rings. The lowest BCUT2D eigenvalue weighted by molar-refractivity contribution is -0.137. The van der Waals surface area contributed by atoms with Gasteiger partial charge in [0.1, 0.15) is 18.1 Å². The molecule has 0 bridgehead atoms. The summed E-state index contributed by atoms with van der Waals surface area (Å²) < 4.78 is 50.2. The first-order chi connectivity index (χ1) is 13.0. The summed E-state index contributed by atoms with van der Waals surface area (Å²) >= 11 is 0. The van der Waals surface area contributed by atoms with Crippen molar-refractivity contribution in [1.82, 2.24) is 14.8 Å². The maximum Gasteiger partial charge on any atom is 0.390 e. The van der Waals surface area contributed by atoms with Crippen molar-refractivity contribution in [3.05, 3.63) is 47.6 Å². The van der Waals surface area contributed by atoms with Gasteiger partial charge in [-0.05, 0) is 30.2 Å². The summed E-state index contributed by atoms with van der Waals surface area (Å²) in [5.74, 6) is 0.358. The fraction of sp³-hybridized carbons (Fsp3) is 0.389. The Balaban J connectivity index is 1.81. The summed E-state index contributed by atoms with van der Waals surface area (Å²) in [5, 5.41) is 4.00. The molecule has 0 radical (unpaired) electrons. The van der Waals surface area contributed by atoms with Gasteiger partial charge >= 0.3 is 6.18 Å². The summed E-state index contributed by atoms with van der Waals surface area (Å²) in [6.45, 7) is 0.688. The quantitative estimate of drug-likeness (QED) is 0.689. The van der Waals surface area contributed by atoms with Gasteiger partial charge < -0.3 is 9.47 Å². The molecule has 0 fully saturated rings. The van der Waals surface area contributed by atoms with Crippen LogP contribution in [0.15, 0.2) is 36.2 Å². The van der Waals surface area contributed by atoms with E-state index in [1.54, 1.807) is 18.2 Å². The van der Waals surface area contributed by atoms with Gasteiger partial charge in [0.2, 0.25) is 0 Å². The first kappa shape index (κ1) is 19.1. The molecule has 0 aliphatic carbocycles. The number of halogens is 3. The third-order valence-corrected chi connectivity index (χ3v) is 4.17. The van der Waals surface area contributed by atoms with Crippen LogP contribution in [0.2, 0.25) is 0 Å². The van der Waals surface area contributed by atoms with Gasteiger partial charge in [-0.1, -0.05) is 0 Å². The highest BCUT2D eigenvalue weighted by Gasteiger charge is 2.28. The number of carbonyl (C=O) groups excluding carboxylic acids is 1. The topological polar surface area (TPSA) is 66.2 Å². The highest BCUT2D eigenvalue weighted by molar-refractivity contribution is 5.76. The van der Waals surface area contributed by atoms with E-state index in [9.17, 15) is 18.0 Å². The molecule has 0 atom stereocenters. The van der Waals surface area contributed by atoms with Crippen molar-refractivity contribution in [2.75, 3.05) is 19.8 Å². The summed E-state index contributed by atoms with van der Waals surface area (Å²) in [4.78, 5) is 15.0. The minimum absolute atomic E-state index is 0.190. The smallest absolute Gasteiger partial charge is 0.390 e. The Morgan fingerprint density at radius 3 is 2.93 bits per heavy atom. The highest BCUT2D eigenvalue weighted by Crippen LogP contribution is 2.28. The lowest BCUT2D eigenvalue weighted by Gasteiger charge is -2.22. The van der Waals surface area contributed by atoms with Gasteiger partial charge in [-0.25, -0.2) is 4.98 Å². The lowest BCUT2D eigenvalue weighted by atomic mass is 10.0. The van der Waals surface area contributed by atoms with Crippen molar-refractivity contribution < 1.29 is 27.4 Å². The molecule has 9 heteroatoms. The zero-order valence-corrected chi connectivity index (χ0v) is 14.4. The molecular formula is C18H18F3N3O3. The van der Waals surface area contributed by atoms with Crippen LogP contribution in [0.3, 0.4) is 0 Å². The van der Waals surface area contributed by atoms with E-state index in [1.807, 2.05) is 0 Å². The molecule has 3 heterocycles. The van der Waals surface area contributed by atoms with Crippen molar-refractivity contribution >= 4 is 11.9 Å². The zero-order valence-electron chi connectivity index (χ0n) is 14.4. The Morgan fingerprint density at radius 2 is 2.15 bits per heavy atom. The fourth-order valence-corrected chi connectivity index (χ4v) is 2.81. The van der Waals surface area contributed by atoms with E-state index in [0.717, 1.165) is 11.1 Å². The minimum Gasteiger partial charge on any atom is -0.487 e. The summed E-state index contributed by atoms with van der Waals surface area (Å²) in [6.07, 6.45) is -1.05. The number of nitrogens with zero attached hydrogens (tertiary/aromatic N) is 3. The van der Waals surface area contributed by atoms with Gasteiger partial charge in [-0.2, -0.15) is 18.3 Å².